The van der Waals surface area contributed by atoms with E-state index in [0.29, 0.717) is 35.5 Å². The predicted molar refractivity (Wildman–Crippen MR) is 136 cm³/mol. The molecule has 2 aliphatic rings. The Morgan fingerprint density at radius 3 is 2.03 bits per heavy atom. The molecule has 1 saturated carbocycles. The monoisotopic (exact) mass is 483 g/mol. The molecule has 0 radical (unpaired) electrons. The summed E-state index contributed by atoms with van der Waals surface area (Å²) in [4.78, 5) is 15.6. The number of halogens is 2. The molecular formula is C29H39F2N3O. The third kappa shape index (κ3) is 7.58. The van der Waals surface area contributed by atoms with Crippen molar-refractivity contribution in [3.8, 4) is 0 Å². The molecule has 1 atom stereocenters. The molecule has 1 saturated heterocycles. The van der Waals surface area contributed by atoms with Crippen LogP contribution in [0.4, 0.5) is 8.78 Å². The first kappa shape index (κ1) is 25.8. The molecule has 1 heterocycles. The van der Waals surface area contributed by atoms with Gasteiger partial charge in [-0.3, -0.25) is 4.79 Å². The van der Waals surface area contributed by atoms with Crippen LogP contribution in [0.5, 0.6) is 0 Å². The Labute approximate surface area is 208 Å². The van der Waals surface area contributed by atoms with Crippen molar-refractivity contribution >= 4 is 5.91 Å². The second-order valence-corrected chi connectivity index (χ2v) is 11.4. The number of nitrogens with zero attached hydrogens (tertiary/aromatic N) is 1. The van der Waals surface area contributed by atoms with E-state index in [1.807, 2.05) is 0 Å². The Bertz CT molecular complexity index is 948. The molecule has 1 unspecified atom stereocenters. The molecule has 190 valence electrons. The highest BCUT2D eigenvalue weighted by atomic mass is 19.1. The van der Waals surface area contributed by atoms with Gasteiger partial charge in [0.05, 0.1) is 6.04 Å². The number of carbonyl (C=O) groups is 1. The molecule has 2 aromatic rings. The first-order valence-electron chi connectivity index (χ1n) is 13.0. The van der Waals surface area contributed by atoms with Gasteiger partial charge >= 0.3 is 0 Å². The summed E-state index contributed by atoms with van der Waals surface area (Å²) in [6, 6.07) is 12.8. The zero-order valence-corrected chi connectivity index (χ0v) is 21.2. The largest absolute Gasteiger partial charge is 0.345 e. The minimum Gasteiger partial charge on any atom is -0.345 e. The summed E-state index contributed by atoms with van der Waals surface area (Å²) >= 11 is 0. The lowest BCUT2D eigenvalue weighted by molar-refractivity contribution is -0.122. The van der Waals surface area contributed by atoms with Crippen LogP contribution in [-0.2, 0) is 4.79 Å². The maximum absolute atomic E-state index is 13.9. The third-order valence-electron chi connectivity index (χ3n) is 7.35. The van der Waals surface area contributed by atoms with E-state index in [4.69, 9.17) is 0 Å². The number of likely N-dealkylation sites (tertiary alicyclic amines) is 1. The first-order valence-corrected chi connectivity index (χ1v) is 13.0. The molecule has 1 amide bonds. The van der Waals surface area contributed by atoms with E-state index >= 15 is 0 Å². The molecule has 35 heavy (non-hydrogen) atoms. The Morgan fingerprint density at radius 1 is 0.971 bits per heavy atom. The fraction of sp³-hybridized carbons (Fsp3) is 0.552. The summed E-state index contributed by atoms with van der Waals surface area (Å²) in [6.45, 7) is 9.94. The topological polar surface area (TPSA) is 44.4 Å². The zero-order chi connectivity index (χ0) is 25.0. The number of hydrogen-bond donors (Lipinski definition) is 2. The molecule has 4 nitrogen and oxygen atoms in total. The van der Waals surface area contributed by atoms with Crippen molar-refractivity contribution in [1.82, 2.24) is 15.5 Å². The van der Waals surface area contributed by atoms with Gasteiger partial charge in [0.2, 0.25) is 5.91 Å². The standard InChI is InChI=1S/C29H39F2N3O/c1-29(2,3)26(32-25-10-11-25)19-34-14-12-20(13-15-34)16-27(35)33-28(21-6-4-8-23(30)17-21)22-7-5-9-24(31)18-22/h4-9,17-18,20,25-26,28,32H,10-16,19H2,1-3H3,(H,33,35). The van der Waals surface area contributed by atoms with Gasteiger partial charge in [-0.25, -0.2) is 8.78 Å². The fourth-order valence-electron chi connectivity index (χ4n) is 4.96. The number of carbonyl (C=O) groups excluding carboxylic acids is 1. The average Bonchev–Trinajstić information content (AvgIpc) is 3.62. The van der Waals surface area contributed by atoms with Crippen LogP contribution in [0.15, 0.2) is 48.5 Å². The number of piperidine rings is 1. The van der Waals surface area contributed by atoms with Crippen LogP contribution in [0, 0.1) is 23.0 Å². The normalized spacial score (nSPS) is 18.6. The lowest BCUT2D eigenvalue weighted by atomic mass is 9.85. The van der Waals surface area contributed by atoms with Gasteiger partial charge in [-0.15, -0.1) is 0 Å². The van der Waals surface area contributed by atoms with Gasteiger partial charge in [-0.1, -0.05) is 45.0 Å². The second-order valence-electron chi connectivity index (χ2n) is 11.4. The van der Waals surface area contributed by atoms with Crippen molar-refractivity contribution in [3.05, 3.63) is 71.3 Å². The third-order valence-corrected chi connectivity index (χ3v) is 7.35. The van der Waals surface area contributed by atoms with Gasteiger partial charge < -0.3 is 15.5 Å². The molecule has 1 aliphatic carbocycles. The van der Waals surface area contributed by atoms with Crippen LogP contribution in [0.25, 0.3) is 0 Å². The van der Waals surface area contributed by atoms with Crippen molar-refractivity contribution in [2.75, 3.05) is 19.6 Å². The molecule has 2 aromatic carbocycles. The zero-order valence-electron chi connectivity index (χ0n) is 21.2. The highest BCUT2D eigenvalue weighted by Crippen LogP contribution is 2.29. The number of hydrogen-bond acceptors (Lipinski definition) is 3. The lowest BCUT2D eigenvalue weighted by Gasteiger charge is -2.39. The SMILES string of the molecule is CC(C)(C)C(CN1CCC(CC(=O)NC(c2cccc(F)c2)c2cccc(F)c2)CC1)NC1CC1. The number of amides is 1. The van der Waals surface area contributed by atoms with Gasteiger partial charge in [0, 0.05) is 25.0 Å². The summed E-state index contributed by atoms with van der Waals surface area (Å²) < 4.78 is 27.8. The quantitative estimate of drug-likeness (QED) is 0.499. The minimum atomic E-state index is -0.588. The van der Waals surface area contributed by atoms with Crippen molar-refractivity contribution in [3.63, 3.8) is 0 Å². The van der Waals surface area contributed by atoms with Crippen LogP contribution in [0.3, 0.4) is 0 Å². The van der Waals surface area contributed by atoms with Crippen LogP contribution < -0.4 is 10.6 Å². The number of rotatable bonds is 9. The second kappa shape index (κ2) is 11.2. The fourth-order valence-corrected chi connectivity index (χ4v) is 4.96. The van der Waals surface area contributed by atoms with E-state index in [2.05, 4.69) is 36.3 Å². The average molecular weight is 484 g/mol. The summed E-state index contributed by atoms with van der Waals surface area (Å²) in [7, 11) is 0. The Morgan fingerprint density at radius 2 is 1.54 bits per heavy atom. The molecule has 0 aromatic heterocycles. The Hall–Kier alpha value is -2.31. The van der Waals surface area contributed by atoms with Gasteiger partial charge in [0.15, 0.2) is 0 Å². The minimum absolute atomic E-state index is 0.0788. The van der Waals surface area contributed by atoms with E-state index in [1.165, 1.54) is 37.1 Å². The van der Waals surface area contributed by atoms with Crippen LogP contribution in [0.1, 0.15) is 70.0 Å². The van der Waals surface area contributed by atoms with Crippen molar-refractivity contribution < 1.29 is 13.6 Å². The van der Waals surface area contributed by atoms with E-state index in [9.17, 15) is 13.6 Å². The first-order chi connectivity index (χ1) is 16.7. The van der Waals surface area contributed by atoms with Crippen LogP contribution >= 0.6 is 0 Å². The van der Waals surface area contributed by atoms with Gasteiger partial charge in [-0.2, -0.15) is 0 Å². The summed E-state index contributed by atoms with van der Waals surface area (Å²) in [6.07, 6.45) is 4.97. The molecule has 4 rings (SSSR count). The highest BCUT2D eigenvalue weighted by Gasteiger charge is 2.33. The van der Waals surface area contributed by atoms with E-state index in [1.54, 1.807) is 24.3 Å². The molecule has 2 fully saturated rings. The summed E-state index contributed by atoms with van der Waals surface area (Å²) in [5, 5.41) is 6.87. The Balaban J connectivity index is 1.33. The molecular weight excluding hydrogens is 444 g/mol. The smallest absolute Gasteiger partial charge is 0.221 e. The predicted octanol–water partition coefficient (Wildman–Crippen LogP) is 5.44. The van der Waals surface area contributed by atoms with E-state index in [0.717, 1.165) is 32.5 Å². The number of benzene rings is 2. The highest BCUT2D eigenvalue weighted by molar-refractivity contribution is 5.77. The molecule has 6 heteroatoms. The van der Waals surface area contributed by atoms with Crippen LogP contribution in [-0.4, -0.2) is 42.5 Å². The number of nitrogens with one attached hydrogen (secondary N) is 2. The molecule has 2 N–H and O–H groups in total. The lowest BCUT2D eigenvalue weighted by Crippen LogP contribution is -2.51. The molecule has 0 bridgehead atoms. The maximum Gasteiger partial charge on any atom is 0.221 e. The summed E-state index contributed by atoms with van der Waals surface area (Å²) in [5.74, 6) is -0.521. The summed E-state index contributed by atoms with van der Waals surface area (Å²) in [5.41, 5.74) is 1.42. The molecule has 1 aliphatic heterocycles. The molecule has 0 spiro atoms. The van der Waals surface area contributed by atoms with E-state index in [-0.39, 0.29) is 23.0 Å². The Kier molecular flexibility index (Phi) is 8.23. The maximum atomic E-state index is 13.9. The van der Waals surface area contributed by atoms with Gasteiger partial charge in [-0.05, 0) is 85.5 Å². The van der Waals surface area contributed by atoms with Crippen molar-refractivity contribution in [1.29, 1.82) is 0 Å². The van der Waals surface area contributed by atoms with Crippen molar-refractivity contribution in [2.45, 2.75) is 71.0 Å². The van der Waals surface area contributed by atoms with Crippen molar-refractivity contribution in [2.24, 2.45) is 11.3 Å². The van der Waals surface area contributed by atoms with Crippen LogP contribution in [0.2, 0.25) is 0 Å². The van der Waals surface area contributed by atoms with Gasteiger partial charge in [0.25, 0.3) is 0 Å². The van der Waals surface area contributed by atoms with Gasteiger partial charge in [0.1, 0.15) is 11.6 Å². The van der Waals surface area contributed by atoms with E-state index < -0.39 is 6.04 Å².